The molecule has 0 saturated heterocycles. The standard InChI is InChI=1S/C23H32N4O2S/c1-4-17-10-12-18(13-11-17)24-21(28)16-30-22-19-8-5-6-9-20(19)27(23(29)25-22)15-7-14-26(2)3/h10-13H,4-9,14-16H2,1-3H3,(H,24,28). The molecule has 0 fully saturated rings. The van der Waals surface area contributed by atoms with Gasteiger partial charge in [-0.1, -0.05) is 30.8 Å². The third kappa shape index (κ3) is 5.95. The zero-order chi connectivity index (χ0) is 21.5. The molecule has 0 aliphatic heterocycles. The highest BCUT2D eigenvalue weighted by Crippen LogP contribution is 2.28. The van der Waals surface area contributed by atoms with E-state index in [1.54, 1.807) is 0 Å². The minimum Gasteiger partial charge on any atom is -0.325 e. The summed E-state index contributed by atoms with van der Waals surface area (Å²) < 4.78 is 1.86. The summed E-state index contributed by atoms with van der Waals surface area (Å²) in [4.78, 5) is 31.6. The van der Waals surface area contributed by atoms with Crippen LogP contribution in [-0.4, -0.2) is 46.8 Å². The number of fused-ring (bicyclic) bond motifs is 1. The van der Waals surface area contributed by atoms with Crippen LogP contribution in [0.3, 0.4) is 0 Å². The fourth-order valence-electron chi connectivity index (χ4n) is 3.80. The Balaban J connectivity index is 1.68. The lowest BCUT2D eigenvalue weighted by Gasteiger charge is -2.23. The molecule has 3 rings (SSSR count). The molecule has 0 spiro atoms. The van der Waals surface area contributed by atoms with Crippen LogP contribution in [0.2, 0.25) is 0 Å². The number of benzene rings is 1. The van der Waals surface area contributed by atoms with Crippen molar-refractivity contribution in [3.05, 3.63) is 51.6 Å². The first-order chi connectivity index (χ1) is 14.5. The van der Waals surface area contributed by atoms with Gasteiger partial charge in [0.05, 0.1) is 5.75 Å². The van der Waals surface area contributed by atoms with Crippen LogP contribution in [0.5, 0.6) is 0 Å². The van der Waals surface area contributed by atoms with Crippen molar-refractivity contribution in [1.29, 1.82) is 0 Å². The third-order valence-corrected chi connectivity index (χ3v) is 6.44. The molecule has 1 aromatic carbocycles. The Hall–Kier alpha value is -2.12. The molecular formula is C23H32N4O2S. The Kier molecular flexibility index (Phi) is 8.10. The average molecular weight is 429 g/mol. The molecule has 0 atom stereocenters. The van der Waals surface area contributed by atoms with Gasteiger partial charge in [-0.05, 0) is 76.9 Å². The van der Waals surface area contributed by atoms with E-state index in [0.29, 0.717) is 6.54 Å². The summed E-state index contributed by atoms with van der Waals surface area (Å²) in [7, 11) is 4.08. The van der Waals surface area contributed by atoms with Crippen LogP contribution in [0, 0.1) is 0 Å². The monoisotopic (exact) mass is 428 g/mol. The molecular weight excluding hydrogens is 396 g/mol. The summed E-state index contributed by atoms with van der Waals surface area (Å²) in [6.45, 7) is 3.75. The zero-order valence-electron chi connectivity index (χ0n) is 18.2. The van der Waals surface area contributed by atoms with Crippen LogP contribution < -0.4 is 11.0 Å². The van der Waals surface area contributed by atoms with E-state index in [0.717, 1.165) is 67.0 Å². The number of anilines is 1. The largest absolute Gasteiger partial charge is 0.348 e. The Morgan fingerprint density at radius 1 is 1.20 bits per heavy atom. The first-order valence-electron chi connectivity index (χ1n) is 10.8. The second-order valence-corrected chi connectivity index (χ2v) is 8.99. The quantitative estimate of drug-likeness (QED) is 0.490. The second kappa shape index (κ2) is 10.8. The highest BCUT2D eigenvalue weighted by molar-refractivity contribution is 8.00. The summed E-state index contributed by atoms with van der Waals surface area (Å²) in [5, 5.41) is 3.66. The first kappa shape index (κ1) is 22.6. The van der Waals surface area contributed by atoms with Crippen molar-refractivity contribution in [2.45, 2.75) is 57.0 Å². The summed E-state index contributed by atoms with van der Waals surface area (Å²) >= 11 is 1.38. The van der Waals surface area contributed by atoms with E-state index in [9.17, 15) is 9.59 Å². The minimum absolute atomic E-state index is 0.0780. The van der Waals surface area contributed by atoms with Crippen LogP contribution in [0.25, 0.3) is 0 Å². The number of amides is 1. The van der Waals surface area contributed by atoms with Gasteiger partial charge in [-0.25, -0.2) is 4.79 Å². The molecule has 7 heteroatoms. The van der Waals surface area contributed by atoms with Gasteiger partial charge < -0.3 is 10.2 Å². The predicted octanol–water partition coefficient (Wildman–Crippen LogP) is 3.37. The Bertz CT molecular complexity index is 922. The smallest absolute Gasteiger partial charge is 0.325 e. The molecule has 1 aromatic heterocycles. The van der Waals surface area contributed by atoms with E-state index < -0.39 is 0 Å². The predicted molar refractivity (Wildman–Crippen MR) is 123 cm³/mol. The van der Waals surface area contributed by atoms with Crippen LogP contribution in [0.15, 0.2) is 34.1 Å². The van der Waals surface area contributed by atoms with Gasteiger partial charge in [-0.3, -0.25) is 9.36 Å². The van der Waals surface area contributed by atoms with Gasteiger partial charge >= 0.3 is 5.69 Å². The number of hydrogen-bond acceptors (Lipinski definition) is 5. The van der Waals surface area contributed by atoms with Gasteiger partial charge in [0, 0.05) is 23.5 Å². The summed E-state index contributed by atoms with van der Waals surface area (Å²) in [5.41, 5.74) is 4.13. The second-order valence-electron chi connectivity index (χ2n) is 8.03. The SMILES string of the molecule is CCc1ccc(NC(=O)CSc2nc(=O)n(CCCN(C)C)c3c2CCCC3)cc1. The number of nitrogens with zero attached hydrogens (tertiary/aromatic N) is 3. The average Bonchev–Trinajstić information content (AvgIpc) is 2.74. The van der Waals surface area contributed by atoms with Crippen molar-refractivity contribution in [1.82, 2.24) is 14.5 Å². The van der Waals surface area contributed by atoms with Gasteiger partial charge in [-0.2, -0.15) is 4.98 Å². The van der Waals surface area contributed by atoms with Gasteiger partial charge in [0.2, 0.25) is 5.91 Å². The third-order valence-electron chi connectivity index (χ3n) is 5.42. The number of carbonyl (C=O) groups is 1. The maximum absolute atomic E-state index is 12.7. The highest BCUT2D eigenvalue weighted by atomic mass is 32.2. The van der Waals surface area contributed by atoms with E-state index in [-0.39, 0.29) is 17.3 Å². The fourth-order valence-corrected chi connectivity index (χ4v) is 4.67. The first-order valence-corrected chi connectivity index (χ1v) is 11.8. The molecule has 30 heavy (non-hydrogen) atoms. The molecule has 0 saturated carbocycles. The van der Waals surface area contributed by atoms with Crippen molar-refractivity contribution in [2.75, 3.05) is 31.7 Å². The Morgan fingerprint density at radius 2 is 1.93 bits per heavy atom. The molecule has 0 radical (unpaired) electrons. The molecule has 2 aromatic rings. The van der Waals surface area contributed by atoms with Crippen LogP contribution in [0.1, 0.15) is 43.0 Å². The molecule has 1 aliphatic carbocycles. The van der Waals surface area contributed by atoms with Crippen LogP contribution in [0.4, 0.5) is 5.69 Å². The Morgan fingerprint density at radius 3 is 2.63 bits per heavy atom. The molecule has 1 aliphatic rings. The van der Waals surface area contributed by atoms with Crippen LogP contribution >= 0.6 is 11.8 Å². The maximum atomic E-state index is 12.7. The van der Waals surface area contributed by atoms with E-state index in [4.69, 9.17) is 0 Å². The van der Waals surface area contributed by atoms with Gasteiger partial charge in [0.25, 0.3) is 0 Å². The number of rotatable bonds is 9. The van der Waals surface area contributed by atoms with Gasteiger partial charge in [-0.15, -0.1) is 0 Å². The fraction of sp³-hybridized carbons (Fsp3) is 0.522. The summed E-state index contributed by atoms with van der Waals surface area (Å²) in [5.74, 6) is 0.171. The van der Waals surface area contributed by atoms with Gasteiger partial charge in [0.1, 0.15) is 5.03 Å². The van der Waals surface area contributed by atoms with Crippen molar-refractivity contribution in [3.63, 3.8) is 0 Å². The molecule has 0 bridgehead atoms. The lowest BCUT2D eigenvalue weighted by molar-refractivity contribution is -0.113. The van der Waals surface area contributed by atoms with E-state index in [2.05, 4.69) is 22.1 Å². The molecule has 6 nitrogen and oxygen atoms in total. The normalized spacial score (nSPS) is 13.3. The van der Waals surface area contributed by atoms with E-state index >= 15 is 0 Å². The number of thioether (sulfide) groups is 1. The number of nitrogens with one attached hydrogen (secondary N) is 1. The molecule has 1 amide bonds. The lowest BCUT2D eigenvalue weighted by Crippen LogP contribution is -2.31. The Labute approximate surface area is 183 Å². The molecule has 162 valence electrons. The maximum Gasteiger partial charge on any atom is 0.348 e. The zero-order valence-corrected chi connectivity index (χ0v) is 19.1. The lowest BCUT2D eigenvalue weighted by atomic mass is 9.97. The number of carbonyl (C=O) groups excluding carboxylic acids is 1. The minimum atomic E-state index is -0.188. The van der Waals surface area contributed by atoms with Crippen LogP contribution in [-0.2, 0) is 30.6 Å². The number of aromatic nitrogens is 2. The van der Waals surface area contributed by atoms with Gasteiger partial charge in [0.15, 0.2) is 0 Å². The summed E-state index contributed by atoms with van der Waals surface area (Å²) in [6, 6.07) is 7.90. The molecule has 1 N–H and O–H groups in total. The highest BCUT2D eigenvalue weighted by Gasteiger charge is 2.21. The van der Waals surface area contributed by atoms with E-state index in [1.165, 1.54) is 17.3 Å². The van der Waals surface area contributed by atoms with Crippen molar-refractivity contribution >= 4 is 23.4 Å². The number of hydrogen-bond donors (Lipinski definition) is 1. The van der Waals surface area contributed by atoms with E-state index in [1.807, 2.05) is 42.9 Å². The summed E-state index contributed by atoms with van der Waals surface area (Å²) in [6.07, 6.45) is 5.95. The topological polar surface area (TPSA) is 67.2 Å². The van der Waals surface area contributed by atoms with Crippen molar-refractivity contribution in [2.24, 2.45) is 0 Å². The van der Waals surface area contributed by atoms with Crippen molar-refractivity contribution in [3.8, 4) is 0 Å². The molecule has 1 heterocycles. The molecule has 0 unspecified atom stereocenters. The number of aryl methyl sites for hydroxylation is 1. The van der Waals surface area contributed by atoms with Crippen molar-refractivity contribution < 1.29 is 4.79 Å².